The smallest absolute Gasteiger partial charge is 0.419 e. The molecule has 1 aliphatic rings. The van der Waals surface area contributed by atoms with E-state index in [1.165, 1.54) is 25.6 Å². The first kappa shape index (κ1) is 26.9. The number of anilines is 1. The highest BCUT2D eigenvalue weighted by molar-refractivity contribution is 5.98. The topological polar surface area (TPSA) is 104 Å². The van der Waals surface area contributed by atoms with Crippen LogP contribution in [-0.2, 0) is 11.0 Å². The summed E-state index contributed by atoms with van der Waals surface area (Å²) in [6.07, 6.45) is -0.280. The Labute approximate surface area is 217 Å². The SMILES string of the molecule is [C-]#[N+]/C(=C\C(C)(C)C)C(=O)N1CCC[C@@H](n2nc(-c3ccc(C(F)(F)F)c(OC)c3)c3c(N)ncnc32)C1. The molecular formula is C26H28F3N7O2. The van der Waals surface area contributed by atoms with E-state index in [0.717, 1.165) is 6.07 Å². The van der Waals surface area contributed by atoms with Crippen molar-refractivity contribution in [3.63, 3.8) is 0 Å². The Hall–Kier alpha value is -4.14. The molecule has 1 aromatic carbocycles. The van der Waals surface area contributed by atoms with Crippen LogP contribution in [0.1, 0.15) is 45.2 Å². The van der Waals surface area contributed by atoms with Crippen molar-refractivity contribution >= 4 is 22.8 Å². The lowest BCUT2D eigenvalue weighted by atomic mass is 9.95. The number of carbonyl (C=O) groups excluding carboxylic acids is 1. The predicted octanol–water partition coefficient (Wildman–Crippen LogP) is 5.12. The van der Waals surface area contributed by atoms with Crippen LogP contribution in [0.3, 0.4) is 0 Å². The quantitative estimate of drug-likeness (QED) is 0.373. The number of methoxy groups -OCH3 is 1. The van der Waals surface area contributed by atoms with E-state index < -0.39 is 11.7 Å². The number of ether oxygens (including phenoxy) is 1. The fourth-order valence-corrected chi connectivity index (χ4v) is 4.58. The summed E-state index contributed by atoms with van der Waals surface area (Å²) < 4.78 is 46.9. The van der Waals surface area contributed by atoms with E-state index in [4.69, 9.17) is 22.1 Å². The zero-order valence-electron chi connectivity index (χ0n) is 21.5. The zero-order valence-corrected chi connectivity index (χ0v) is 21.5. The number of aromatic nitrogens is 4. The van der Waals surface area contributed by atoms with Crippen molar-refractivity contribution in [1.29, 1.82) is 0 Å². The molecule has 1 saturated heterocycles. The van der Waals surface area contributed by atoms with Gasteiger partial charge in [0.2, 0.25) is 5.70 Å². The van der Waals surface area contributed by atoms with Crippen molar-refractivity contribution in [1.82, 2.24) is 24.6 Å². The average Bonchev–Trinajstić information content (AvgIpc) is 3.26. The van der Waals surface area contributed by atoms with Gasteiger partial charge < -0.3 is 15.4 Å². The van der Waals surface area contributed by atoms with E-state index in [1.54, 1.807) is 15.7 Å². The predicted molar refractivity (Wildman–Crippen MR) is 136 cm³/mol. The maximum Gasteiger partial charge on any atom is 0.419 e. The van der Waals surface area contributed by atoms with E-state index in [2.05, 4.69) is 14.8 Å². The van der Waals surface area contributed by atoms with Crippen LogP contribution in [0.2, 0.25) is 0 Å². The summed E-state index contributed by atoms with van der Waals surface area (Å²) in [5, 5.41) is 5.11. The number of nitrogen functional groups attached to an aromatic ring is 1. The first-order chi connectivity index (χ1) is 17.8. The molecule has 0 saturated carbocycles. The molecule has 200 valence electrons. The van der Waals surface area contributed by atoms with Crippen LogP contribution >= 0.6 is 0 Å². The number of likely N-dealkylation sites (tertiary alicyclic amines) is 1. The van der Waals surface area contributed by atoms with Gasteiger partial charge in [-0.05, 0) is 30.4 Å². The molecule has 0 bridgehead atoms. The number of fused-ring (bicyclic) bond motifs is 1. The number of amides is 1. The number of piperidine rings is 1. The lowest BCUT2D eigenvalue weighted by Crippen LogP contribution is -2.41. The summed E-state index contributed by atoms with van der Waals surface area (Å²) in [6.45, 7) is 14.0. The monoisotopic (exact) mass is 527 g/mol. The molecule has 0 radical (unpaired) electrons. The summed E-state index contributed by atoms with van der Waals surface area (Å²) >= 11 is 0. The van der Waals surface area contributed by atoms with Gasteiger partial charge in [-0.3, -0.25) is 4.79 Å². The Morgan fingerprint density at radius 3 is 2.63 bits per heavy atom. The van der Waals surface area contributed by atoms with Crippen molar-refractivity contribution in [2.24, 2.45) is 5.41 Å². The first-order valence-electron chi connectivity index (χ1n) is 12.0. The summed E-state index contributed by atoms with van der Waals surface area (Å²) in [6, 6.07) is 3.21. The molecule has 38 heavy (non-hydrogen) atoms. The second-order valence-corrected chi connectivity index (χ2v) is 10.2. The number of benzene rings is 1. The zero-order chi connectivity index (χ0) is 27.8. The summed E-state index contributed by atoms with van der Waals surface area (Å²) in [5.41, 5.74) is 6.06. The lowest BCUT2D eigenvalue weighted by molar-refractivity contribution is -0.138. The van der Waals surface area contributed by atoms with Crippen molar-refractivity contribution < 1.29 is 22.7 Å². The molecule has 0 aliphatic carbocycles. The molecule has 3 heterocycles. The van der Waals surface area contributed by atoms with Crippen molar-refractivity contribution in [2.75, 3.05) is 25.9 Å². The van der Waals surface area contributed by atoms with Crippen molar-refractivity contribution in [3.8, 4) is 17.0 Å². The van der Waals surface area contributed by atoms with Gasteiger partial charge in [-0.2, -0.15) is 18.3 Å². The van der Waals surface area contributed by atoms with Crippen LogP contribution in [0.25, 0.3) is 27.1 Å². The van der Waals surface area contributed by atoms with E-state index in [9.17, 15) is 18.0 Å². The summed E-state index contributed by atoms with van der Waals surface area (Å²) in [7, 11) is 1.17. The number of alkyl halides is 3. The number of hydrogen-bond donors (Lipinski definition) is 1. The average molecular weight is 528 g/mol. The maximum atomic E-state index is 13.4. The molecule has 4 rings (SSSR count). The first-order valence-corrected chi connectivity index (χ1v) is 12.0. The van der Waals surface area contributed by atoms with Gasteiger partial charge in [-0.25, -0.2) is 19.5 Å². The summed E-state index contributed by atoms with van der Waals surface area (Å²) in [5.74, 6) is -0.569. The molecular weight excluding hydrogens is 499 g/mol. The number of allylic oxidation sites excluding steroid dienone is 1. The number of hydrogen-bond acceptors (Lipinski definition) is 6. The van der Waals surface area contributed by atoms with Crippen molar-refractivity contribution in [3.05, 3.63) is 53.3 Å². The molecule has 12 heteroatoms. The van der Waals surface area contributed by atoms with Crippen LogP contribution < -0.4 is 10.5 Å². The fourth-order valence-electron chi connectivity index (χ4n) is 4.58. The normalized spacial score (nSPS) is 16.9. The molecule has 0 spiro atoms. The van der Waals surface area contributed by atoms with Crippen LogP contribution in [0.5, 0.6) is 5.75 Å². The number of carbonyl (C=O) groups is 1. The van der Waals surface area contributed by atoms with Crippen LogP contribution in [-0.4, -0.2) is 50.8 Å². The van der Waals surface area contributed by atoms with E-state index in [0.29, 0.717) is 41.7 Å². The number of rotatable bonds is 4. The number of nitrogens with zero attached hydrogens (tertiary/aromatic N) is 6. The van der Waals surface area contributed by atoms with Gasteiger partial charge in [0, 0.05) is 18.7 Å². The largest absolute Gasteiger partial charge is 0.496 e. The van der Waals surface area contributed by atoms with E-state index in [1.807, 2.05) is 20.8 Å². The van der Waals surface area contributed by atoms with Gasteiger partial charge in [0.25, 0.3) is 5.91 Å². The Morgan fingerprint density at radius 2 is 2.00 bits per heavy atom. The molecule has 9 nitrogen and oxygen atoms in total. The van der Waals surface area contributed by atoms with Gasteiger partial charge in [0.1, 0.15) is 23.6 Å². The number of nitrogens with two attached hydrogens (primary N) is 1. The molecule has 1 amide bonds. The third-order valence-electron chi connectivity index (χ3n) is 6.24. The molecule has 0 unspecified atom stereocenters. The standard InChI is InChI=1S/C26H28F3N7O2/c1-25(2,3)12-18(31-4)24(37)35-10-6-7-16(13-35)36-23-20(22(30)32-14-33-23)21(34-36)15-8-9-17(26(27,28)29)19(11-15)38-5/h8-9,11-12,14,16H,6-7,10,13H2,1-3,5H3,(H2,30,32,33)/b18-12-/t16-/m1/s1. The number of halogens is 3. The Kier molecular flexibility index (Phi) is 7.06. The highest BCUT2D eigenvalue weighted by atomic mass is 19.4. The molecule has 2 aromatic heterocycles. The Balaban J connectivity index is 1.76. The third kappa shape index (κ3) is 5.27. The van der Waals surface area contributed by atoms with Crippen LogP contribution in [0, 0.1) is 12.0 Å². The van der Waals surface area contributed by atoms with Gasteiger partial charge in [-0.15, -0.1) is 0 Å². The van der Waals surface area contributed by atoms with Gasteiger partial charge in [0.05, 0.1) is 30.7 Å². The maximum absolute atomic E-state index is 13.4. The van der Waals surface area contributed by atoms with E-state index in [-0.39, 0.29) is 41.2 Å². The van der Waals surface area contributed by atoms with Gasteiger partial charge in [-0.1, -0.05) is 32.9 Å². The minimum Gasteiger partial charge on any atom is -0.496 e. The molecule has 1 aliphatic heterocycles. The van der Waals surface area contributed by atoms with Crippen LogP contribution in [0.4, 0.5) is 19.0 Å². The van der Waals surface area contributed by atoms with Crippen molar-refractivity contribution in [2.45, 2.75) is 45.8 Å². The minimum absolute atomic E-state index is 0.0626. The third-order valence-corrected chi connectivity index (χ3v) is 6.24. The molecule has 3 aromatic rings. The summed E-state index contributed by atoms with van der Waals surface area (Å²) in [4.78, 5) is 26.7. The molecule has 1 fully saturated rings. The van der Waals surface area contributed by atoms with Crippen LogP contribution in [0.15, 0.2) is 36.3 Å². The lowest BCUT2D eigenvalue weighted by Gasteiger charge is -2.33. The Morgan fingerprint density at radius 1 is 1.26 bits per heavy atom. The van der Waals surface area contributed by atoms with Gasteiger partial charge in [0.15, 0.2) is 5.65 Å². The van der Waals surface area contributed by atoms with E-state index >= 15 is 0 Å². The Bertz CT molecular complexity index is 1450. The highest BCUT2D eigenvalue weighted by Crippen LogP contribution is 2.40. The fraction of sp³-hybridized carbons (Fsp3) is 0.423. The highest BCUT2D eigenvalue weighted by Gasteiger charge is 2.35. The second-order valence-electron chi connectivity index (χ2n) is 10.2. The second kappa shape index (κ2) is 9.96. The molecule has 1 atom stereocenters. The minimum atomic E-state index is -4.59. The molecule has 2 N–H and O–H groups in total. The van der Waals surface area contributed by atoms with Gasteiger partial charge >= 0.3 is 6.18 Å².